The summed E-state index contributed by atoms with van der Waals surface area (Å²) in [5.74, 6) is -6.04. The van der Waals surface area contributed by atoms with E-state index in [1.807, 2.05) is 0 Å². The van der Waals surface area contributed by atoms with E-state index in [2.05, 4.69) is 6.92 Å². The zero-order valence-corrected chi connectivity index (χ0v) is 22.7. The van der Waals surface area contributed by atoms with Crippen LogP contribution in [0.15, 0.2) is 30.3 Å². The molecule has 0 bridgehead atoms. The van der Waals surface area contributed by atoms with Crippen molar-refractivity contribution >= 4 is 6.08 Å². The van der Waals surface area contributed by atoms with E-state index in [4.69, 9.17) is 4.74 Å². The van der Waals surface area contributed by atoms with E-state index in [1.54, 1.807) is 0 Å². The van der Waals surface area contributed by atoms with Crippen LogP contribution in [0.4, 0.5) is 39.5 Å². The van der Waals surface area contributed by atoms with E-state index >= 15 is 8.78 Å². The maximum Gasteiger partial charge on any atom is 0.409 e. The van der Waals surface area contributed by atoms with Gasteiger partial charge in [-0.05, 0) is 80.1 Å². The molecule has 2 fully saturated rings. The first-order chi connectivity index (χ1) is 19.3. The van der Waals surface area contributed by atoms with Crippen molar-refractivity contribution in [2.45, 2.75) is 83.4 Å². The molecule has 0 atom stereocenters. The summed E-state index contributed by atoms with van der Waals surface area (Å²) in [4.78, 5) is 0. The van der Waals surface area contributed by atoms with Gasteiger partial charge in [-0.2, -0.15) is 22.0 Å². The summed E-state index contributed by atoms with van der Waals surface area (Å²) in [7, 11) is 0. The molecule has 0 radical (unpaired) electrons. The lowest BCUT2D eigenvalue weighted by Gasteiger charge is -2.39. The highest BCUT2D eigenvalue weighted by molar-refractivity contribution is 5.68. The molecule has 2 aromatic rings. The predicted octanol–water partition coefficient (Wildman–Crippen LogP) is 10.9. The lowest BCUT2D eigenvalue weighted by molar-refractivity contribution is -0.224. The first kappa shape index (κ1) is 31.3. The van der Waals surface area contributed by atoms with Crippen molar-refractivity contribution in [1.29, 1.82) is 0 Å². The van der Waals surface area contributed by atoms with Crippen LogP contribution in [0, 0.1) is 46.9 Å². The average Bonchev–Trinajstić information content (AvgIpc) is 2.88. The lowest BCUT2D eigenvalue weighted by atomic mass is 9.68. The number of benzene rings is 2. The lowest BCUT2D eigenvalue weighted by Crippen LogP contribution is -2.38. The standard InChI is InChI=1S/C31H33F9O/c1-2-3-18-4-6-19(7-5-18)20-8-10-22(11-9-20)31(39,40)41-23-16-27(34)29(28(35)17-23)21-14-25(32)24(26(33)15-21)12-13-30(36,37)38/h12-20,22H,2-11H2,1H3/b13-12+. The third-order valence-corrected chi connectivity index (χ3v) is 8.58. The topological polar surface area (TPSA) is 9.23 Å². The summed E-state index contributed by atoms with van der Waals surface area (Å²) in [6.07, 6.45) is 0.000102. The van der Waals surface area contributed by atoms with Gasteiger partial charge < -0.3 is 4.74 Å². The molecule has 2 aliphatic carbocycles. The molecule has 2 aromatic carbocycles. The zero-order valence-electron chi connectivity index (χ0n) is 22.7. The number of hydrogen-bond donors (Lipinski definition) is 0. The van der Waals surface area contributed by atoms with Gasteiger partial charge in [0.05, 0.1) is 11.5 Å². The number of rotatable bonds is 8. The first-order valence-corrected chi connectivity index (χ1v) is 14.1. The van der Waals surface area contributed by atoms with Crippen LogP contribution in [0.1, 0.15) is 76.7 Å². The summed E-state index contributed by atoms with van der Waals surface area (Å²) >= 11 is 0. The molecule has 41 heavy (non-hydrogen) atoms. The Balaban J connectivity index is 1.42. The minimum Gasteiger partial charge on any atom is -0.432 e. The molecule has 0 amide bonds. The third-order valence-electron chi connectivity index (χ3n) is 8.58. The molecule has 4 rings (SSSR count). The van der Waals surface area contributed by atoms with Gasteiger partial charge in [0.15, 0.2) is 0 Å². The molecule has 0 spiro atoms. The molecule has 1 nitrogen and oxygen atoms in total. The van der Waals surface area contributed by atoms with Gasteiger partial charge in [0, 0.05) is 23.8 Å². The Bertz CT molecular complexity index is 1170. The van der Waals surface area contributed by atoms with Gasteiger partial charge >= 0.3 is 12.3 Å². The van der Waals surface area contributed by atoms with E-state index in [0.717, 1.165) is 18.8 Å². The van der Waals surface area contributed by atoms with Gasteiger partial charge in [0.2, 0.25) is 0 Å². The van der Waals surface area contributed by atoms with Gasteiger partial charge in [-0.25, -0.2) is 17.6 Å². The van der Waals surface area contributed by atoms with E-state index < -0.39 is 63.9 Å². The quantitative estimate of drug-likeness (QED) is 0.277. The normalized spacial score (nSPS) is 24.1. The zero-order chi connectivity index (χ0) is 29.9. The van der Waals surface area contributed by atoms with E-state index in [1.165, 1.54) is 25.7 Å². The summed E-state index contributed by atoms with van der Waals surface area (Å²) in [5, 5.41) is 0. The monoisotopic (exact) mass is 592 g/mol. The second-order valence-corrected chi connectivity index (χ2v) is 11.3. The van der Waals surface area contributed by atoms with E-state index in [-0.39, 0.29) is 25.0 Å². The largest absolute Gasteiger partial charge is 0.432 e. The van der Waals surface area contributed by atoms with Crippen LogP contribution in [0.5, 0.6) is 5.75 Å². The Hall–Kier alpha value is -2.65. The molecule has 0 aliphatic heterocycles. The van der Waals surface area contributed by atoms with E-state index in [0.29, 0.717) is 48.9 Å². The van der Waals surface area contributed by atoms with Gasteiger partial charge in [-0.3, -0.25) is 0 Å². The van der Waals surface area contributed by atoms with Crippen LogP contribution in [-0.4, -0.2) is 12.3 Å². The fraction of sp³-hybridized carbons (Fsp3) is 0.548. The van der Waals surface area contributed by atoms with Crippen molar-refractivity contribution in [3.63, 3.8) is 0 Å². The van der Waals surface area contributed by atoms with Crippen molar-refractivity contribution in [2.75, 3.05) is 0 Å². The maximum atomic E-state index is 15.0. The SMILES string of the molecule is CCCC1CCC(C2CCC(C(F)(F)Oc3cc(F)c(-c4cc(F)c(/C=C/C(F)(F)F)c(F)c4)c(F)c3)CC2)CC1. The first-order valence-electron chi connectivity index (χ1n) is 14.1. The number of halogens is 9. The number of hydrogen-bond acceptors (Lipinski definition) is 1. The predicted molar refractivity (Wildman–Crippen MR) is 138 cm³/mol. The molecular formula is C31H33F9O. The Kier molecular flexibility index (Phi) is 9.69. The van der Waals surface area contributed by atoms with Crippen molar-refractivity contribution in [3.8, 4) is 16.9 Å². The average molecular weight is 593 g/mol. The summed E-state index contributed by atoms with van der Waals surface area (Å²) in [5.41, 5.74) is -2.64. The molecule has 0 heterocycles. The summed E-state index contributed by atoms with van der Waals surface area (Å²) in [6.45, 7) is 2.18. The van der Waals surface area contributed by atoms with Gasteiger partial charge in [0.1, 0.15) is 29.0 Å². The highest BCUT2D eigenvalue weighted by Crippen LogP contribution is 2.46. The third kappa shape index (κ3) is 7.80. The van der Waals surface area contributed by atoms with Crippen LogP contribution in [-0.2, 0) is 0 Å². The van der Waals surface area contributed by atoms with Crippen molar-refractivity contribution in [1.82, 2.24) is 0 Å². The molecule has 226 valence electrons. The van der Waals surface area contributed by atoms with Crippen LogP contribution < -0.4 is 4.74 Å². The Morgan fingerprint density at radius 3 is 1.73 bits per heavy atom. The molecule has 0 aromatic heterocycles. The minimum absolute atomic E-state index is 0.158. The van der Waals surface area contributed by atoms with Gasteiger partial charge in [0.25, 0.3) is 0 Å². The Labute approximate surface area is 233 Å². The second kappa shape index (κ2) is 12.7. The summed E-state index contributed by atoms with van der Waals surface area (Å²) in [6, 6.07) is 1.93. The number of alkyl halides is 5. The maximum absolute atomic E-state index is 15.0. The smallest absolute Gasteiger partial charge is 0.409 e. The number of allylic oxidation sites excluding steroid dienone is 1. The Morgan fingerprint density at radius 1 is 0.732 bits per heavy atom. The molecule has 10 heteroatoms. The highest BCUT2D eigenvalue weighted by atomic mass is 19.4. The van der Waals surface area contributed by atoms with Crippen LogP contribution in [0.2, 0.25) is 0 Å². The fourth-order valence-corrected chi connectivity index (χ4v) is 6.47. The van der Waals surface area contributed by atoms with Crippen molar-refractivity contribution < 1.29 is 44.3 Å². The minimum atomic E-state index is -4.83. The van der Waals surface area contributed by atoms with Crippen LogP contribution in [0.25, 0.3) is 17.2 Å². The van der Waals surface area contributed by atoms with Crippen LogP contribution in [0.3, 0.4) is 0 Å². The van der Waals surface area contributed by atoms with Crippen molar-refractivity contribution in [3.05, 3.63) is 59.2 Å². The van der Waals surface area contributed by atoms with Gasteiger partial charge in [-0.15, -0.1) is 0 Å². The summed E-state index contributed by atoms with van der Waals surface area (Å²) < 4.78 is 130. The molecule has 0 unspecified atom stereocenters. The Morgan fingerprint density at radius 2 is 1.24 bits per heavy atom. The van der Waals surface area contributed by atoms with Gasteiger partial charge in [-0.1, -0.05) is 32.6 Å². The highest BCUT2D eigenvalue weighted by Gasteiger charge is 2.45. The molecular weight excluding hydrogens is 559 g/mol. The van der Waals surface area contributed by atoms with E-state index in [9.17, 15) is 30.7 Å². The number of ether oxygens (including phenoxy) is 1. The van der Waals surface area contributed by atoms with Crippen LogP contribution >= 0.6 is 0 Å². The van der Waals surface area contributed by atoms with Crippen molar-refractivity contribution in [2.24, 2.45) is 23.7 Å². The molecule has 0 N–H and O–H groups in total. The fourth-order valence-electron chi connectivity index (χ4n) is 6.47. The second-order valence-electron chi connectivity index (χ2n) is 11.3. The molecule has 2 saturated carbocycles. The molecule has 2 aliphatic rings. The molecule has 0 saturated heterocycles.